The van der Waals surface area contributed by atoms with Gasteiger partial charge in [0.25, 0.3) is 5.91 Å². The third-order valence-electron chi connectivity index (χ3n) is 5.58. The molecule has 0 N–H and O–H groups in total. The van der Waals surface area contributed by atoms with Crippen LogP contribution in [0, 0.1) is 5.92 Å². The zero-order valence-electron chi connectivity index (χ0n) is 17.3. The second-order valence-electron chi connectivity index (χ2n) is 7.62. The van der Waals surface area contributed by atoms with Crippen LogP contribution in [0.25, 0.3) is 0 Å². The molecule has 3 rings (SSSR count). The normalized spacial score (nSPS) is 17.1. The van der Waals surface area contributed by atoms with Gasteiger partial charge in [-0.15, -0.1) is 0 Å². The van der Waals surface area contributed by atoms with Crippen molar-refractivity contribution in [3.05, 3.63) is 58.9 Å². The van der Waals surface area contributed by atoms with E-state index < -0.39 is 0 Å². The van der Waals surface area contributed by atoms with Crippen LogP contribution in [-0.2, 0) is 6.42 Å². The number of rotatable bonds is 8. The highest BCUT2D eigenvalue weighted by molar-refractivity contribution is 6.29. The molecule has 1 aliphatic heterocycles. The number of halogens is 1. The number of methoxy groups -OCH3 is 1. The van der Waals surface area contributed by atoms with E-state index in [9.17, 15) is 4.79 Å². The van der Waals surface area contributed by atoms with Crippen molar-refractivity contribution in [1.82, 2.24) is 14.8 Å². The van der Waals surface area contributed by atoms with Gasteiger partial charge >= 0.3 is 0 Å². The van der Waals surface area contributed by atoms with Crippen molar-refractivity contribution in [3.63, 3.8) is 0 Å². The van der Waals surface area contributed by atoms with Gasteiger partial charge in [0.15, 0.2) is 0 Å². The number of aromatic nitrogens is 1. The van der Waals surface area contributed by atoms with Crippen LogP contribution in [0.5, 0.6) is 5.75 Å². The molecule has 1 aliphatic rings. The Morgan fingerprint density at radius 1 is 1.34 bits per heavy atom. The van der Waals surface area contributed by atoms with Crippen LogP contribution < -0.4 is 4.74 Å². The van der Waals surface area contributed by atoms with Crippen LogP contribution in [0.1, 0.15) is 35.7 Å². The van der Waals surface area contributed by atoms with Gasteiger partial charge < -0.3 is 14.5 Å². The van der Waals surface area contributed by atoms with E-state index in [1.165, 1.54) is 12.0 Å². The van der Waals surface area contributed by atoms with Crippen LogP contribution in [-0.4, -0.2) is 60.5 Å². The van der Waals surface area contributed by atoms with Crippen molar-refractivity contribution < 1.29 is 9.53 Å². The molecule has 2 aromatic rings. The Hall–Kier alpha value is -2.11. The number of likely N-dealkylation sites (tertiary alicyclic amines) is 1. The number of pyridine rings is 1. The summed E-state index contributed by atoms with van der Waals surface area (Å²) in [6.45, 7) is 6.70. The molecule has 0 saturated carbocycles. The molecule has 1 atom stereocenters. The predicted octanol–water partition coefficient (Wildman–Crippen LogP) is 4.16. The Morgan fingerprint density at radius 3 is 2.97 bits per heavy atom. The van der Waals surface area contributed by atoms with Crippen molar-refractivity contribution in [2.75, 3.05) is 39.8 Å². The van der Waals surface area contributed by atoms with Gasteiger partial charge in [-0.05, 0) is 68.5 Å². The molecule has 156 valence electrons. The number of amides is 1. The molecule has 1 fully saturated rings. The van der Waals surface area contributed by atoms with E-state index in [-0.39, 0.29) is 5.91 Å². The Bertz CT molecular complexity index is 814. The summed E-state index contributed by atoms with van der Waals surface area (Å²) in [6, 6.07) is 11.7. The van der Waals surface area contributed by atoms with E-state index in [0.717, 1.165) is 44.8 Å². The number of carbonyl (C=O) groups excluding carboxylic acids is 1. The maximum Gasteiger partial charge on any atom is 0.254 e. The lowest BCUT2D eigenvalue weighted by Gasteiger charge is -2.35. The molecular formula is C23H30ClN3O2. The number of nitrogens with zero attached hydrogens (tertiary/aromatic N) is 3. The Balaban J connectivity index is 1.54. The molecule has 1 aromatic heterocycles. The first kappa shape index (κ1) is 21.6. The Labute approximate surface area is 178 Å². The van der Waals surface area contributed by atoms with E-state index in [1.54, 1.807) is 25.4 Å². The molecule has 6 heteroatoms. The monoisotopic (exact) mass is 415 g/mol. The summed E-state index contributed by atoms with van der Waals surface area (Å²) in [7, 11) is 1.70. The largest absolute Gasteiger partial charge is 0.497 e. The lowest BCUT2D eigenvalue weighted by atomic mass is 9.96. The molecule has 0 aliphatic carbocycles. The minimum Gasteiger partial charge on any atom is -0.497 e. The second kappa shape index (κ2) is 10.6. The standard InChI is InChI=1S/C23H30ClN3O2/c1-3-27(23(28)20-9-11-25-22(24)15-20)17-19-7-5-12-26(16-19)13-10-18-6-4-8-21(14-18)29-2/h4,6,8-9,11,14-15,19H,3,5,7,10,12-13,16-17H2,1-2H3/t19-/m0/s1. The van der Waals surface area contributed by atoms with Gasteiger partial charge in [-0.2, -0.15) is 0 Å². The Morgan fingerprint density at radius 2 is 2.21 bits per heavy atom. The van der Waals surface area contributed by atoms with Gasteiger partial charge in [-0.1, -0.05) is 23.7 Å². The predicted molar refractivity (Wildman–Crippen MR) is 117 cm³/mol. The fraction of sp³-hybridized carbons (Fsp3) is 0.478. The van der Waals surface area contributed by atoms with Crippen molar-refractivity contribution in [3.8, 4) is 5.75 Å². The average Bonchev–Trinajstić information content (AvgIpc) is 2.76. The van der Waals surface area contributed by atoms with Crippen LogP contribution >= 0.6 is 11.6 Å². The highest BCUT2D eigenvalue weighted by Crippen LogP contribution is 2.20. The van der Waals surface area contributed by atoms with Gasteiger partial charge in [0, 0.05) is 37.9 Å². The minimum absolute atomic E-state index is 0.0327. The van der Waals surface area contributed by atoms with Gasteiger partial charge in [0.1, 0.15) is 10.9 Å². The summed E-state index contributed by atoms with van der Waals surface area (Å²) < 4.78 is 5.32. The van der Waals surface area contributed by atoms with E-state index >= 15 is 0 Å². The second-order valence-corrected chi connectivity index (χ2v) is 8.01. The van der Waals surface area contributed by atoms with Crippen LogP contribution in [0.3, 0.4) is 0 Å². The molecular weight excluding hydrogens is 386 g/mol. The number of hydrogen-bond acceptors (Lipinski definition) is 4. The van der Waals surface area contributed by atoms with Gasteiger partial charge in [-0.25, -0.2) is 4.98 Å². The van der Waals surface area contributed by atoms with E-state index in [0.29, 0.717) is 23.2 Å². The zero-order valence-corrected chi connectivity index (χ0v) is 18.1. The quantitative estimate of drug-likeness (QED) is 0.607. The first-order valence-electron chi connectivity index (χ1n) is 10.3. The molecule has 2 heterocycles. The highest BCUT2D eigenvalue weighted by atomic mass is 35.5. The fourth-order valence-electron chi connectivity index (χ4n) is 4.00. The van der Waals surface area contributed by atoms with Crippen LogP contribution in [0.2, 0.25) is 5.15 Å². The maximum absolute atomic E-state index is 12.9. The molecule has 0 radical (unpaired) electrons. The summed E-state index contributed by atoms with van der Waals surface area (Å²) in [6.07, 6.45) is 4.94. The first-order valence-corrected chi connectivity index (χ1v) is 10.7. The minimum atomic E-state index is 0.0327. The van der Waals surface area contributed by atoms with Crippen LogP contribution in [0.4, 0.5) is 0 Å². The van der Waals surface area contributed by atoms with E-state index in [1.807, 2.05) is 24.0 Å². The van der Waals surface area contributed by atoms with Crippen LogP contribution in [0.15, 0.2) is 42.6 Å². The van der Waals surface area contributed by atoms with Crippen molar-refractivity contribution in [2.45, 2.75) is 26.2 Å². The lowest BCUT2D eigenvalue weighted by Crippen LogP contribution is -2.43. The topological polar surface area (TPSA) is 45.7 Å². The van der Waals surface area contributed by atoms with Crippen molar-refractivity contribution in [2.24, 2.45) is 5.92 Å². The van der Waals surface area contributed by atoms with Gasteiger partial charge in [0.05, 0.1) is 7.11 Å². The number of ether oxygens (including phenoxy) is 1. The number of hydrogen-bond donors (Lipinski definition) is 0. The van der Waals surface area contributed by atoms with Crippen molar-refractivity contribution >= 4 is 17.5 Å². The molecule has 1 aromatic carbocycles. The fourth-order valence-corrected chi connectivity index (χ4v) is 4.18. The lowest BCUT2D eigenvalue weighted by molar-refractivity contribution is 0.0690. The SMILES string of the molecule is CCN(C[C@H]1CCCN(CCc2cccc(OC)c2)C1)C(=O)c1ccnc(Cl)c1. The molecule has 0 bridgehead atoms. The molecule has 1 saturated heterocycles. The molecule has 29 heavy (non-hydrogen) atoms. The third kappa shape index (κ3) is 6.18. The first-order chi connectivity index (χ1) is 14.1. The maximum atomic E-state index is 12.9. The van der Waals surface area contributed by atoms with E-state index in [4.69, 9.17) is 16.3 Å². The summed E-state index contributed by atoms with van der Waals surface area (Å²) in [4.78, 5) is 21.3. The van der Waals surface area contributed by atoms with Gasteiger partial charge in [-0.3, -0.25) is 4.79 Å². The summed E-state index contributed by atoms with van der Waals surface area (Å²) in [5, 5.41) is 0.355. The summed E-state index contributed by atoms with van der Waals surface area (Å²) in [5.41, 5.74) is 1.91. The number of carbonyl (C=O) groups is 1. The van der Waals surface area contributed by atoms with E-state index in [2.05, 4.69) is 22.0 Å². The molecule has 0 unspecified atom stereocenters. The molecule has 0 spiro atoms. The highest BCUT2D eigenvalue weighted by Gasteiger charge is 2.24. The van der Waals surface area contributed by atoms with Gasteiger partial charge in [0.2, 0.25) is 0 Å². The summed E-state index contributed by atoms with van der Waals surface area (Å²) >= 11 is 5.96. The van der Waals surface area contributed by atoms with Crippen molar-refractivity contribution in [1.29, 1.82) is 0 Å². The third-order valence-corrected chi connectivity index (χ3v) is 5.78. The average molecular weight is 416 g/mol. The number of benzene rings is 1. The smallest absolute Gasteiger partial charge is 0.254 e. The molecule has 1 amide bonds. The Kier molecular flexibility index (Phi) is 7.90. The summed E-state index contributed by atoms with van der Waals surface area (Å²) in [5.74, 6) is 1.44. The molecule has 5 nitrogen and oxygen atoms in total. The zero-order chi connectivity index (χ0) is 20.6. The number of piperidine rings is 1.